The highest BCUT2D eigenvalue weighted by Crippen LogP contribution is 2.21. The van der Waals surface area contributed by atoms with Crippen molar-refractivity contribution in [1.82, 2.24) is 4.90 Å². The SMILES string of the molecule is CCCC1CCN(CCCCC(C)(N)C#N)C1. The second kappa shape index (κ2) is 6.98. The highest BCUT2D eigenvalue weighted by atomic mass is 15.1. The molecule has 0 aliphatic carbocycles. The van der Waals surface area contributed by atoms with Gasteiger partial charge in [0.15, 0.2) is 0 Å². The van der Waals surface area contributed by atoms with Crippen molar-refractivity contribution in [2.45, 2.75) is 57.9 Å². The van der Waals surface area contributed by atoms with Crippen LogP contribution in [0.3, 0.4) is 0 Å². The Kier molecular flexibility index (Phi) is 5.94. The standard InChI is InChI=1S/C14H27N3/c1-3-6-13-7-10-17(11-13)9-5-4-8-14(2,16)12-15/h13H,3-11,16H2,1-2H3. The molecule has 98 valence electrons. The van der Waals surface area contributed by atoms with Gasteiger partial charge in [-0.3, -0.25) is 0 Å². The smallest absolute Gasteiger partial charge is 0.101 e. The molecule has 0 radical (unpaired) electrons. The minimum Gasteiger partial charge on any atom is -0.314 e. The Bertz CT molecular complexity index is 255. The number of nitrogens with zero attached hydrogens (tertiary/aromatic N) is 2. The number of nitriles is 1. The Labute approximate surface area is 106 Å². The van der Waals surface area contributed by atoms with Crippen LogP contribution in [0.15, 0.2) is 0 Å². The van der Waals surface area contributed by atoms with Gasteiger partial charge in [0.25, 0.3) is 0 Å². The van der Waals surface area contributed by atoms with E-state index in [1.165, 1.54) is 45.3 Å². The van der Waals surface area contributed by atoms with Crippen LogP contribution < -0.4 is 5.73 Å². The van der Waals surface area contributed by atoms with Gasteiger partial charge >= 0.3 is 0 Å². The zero-order chi connectivity index (χ0) is 12.7. The van der Waals surface area contributed by atoms with Gasteiger partial charge in [0.1, 0.15) is 5.54 Å². The van der Waals surface area contributed by atoms with Crippen molar-refractivity contribution in [3.63, 3.8) is 0 Å². The van der Waals surface area contributed by atoms with Gasteiger partial charge in [0.05, 0.1) is 6.07 Å². The molecule has 17 heavy (non-hydrogen) atoms. The summed E-state index contributed by atoms with van der Waals surface area (Å²) in [6.07, 6.45) is 7.12. The second-order valence-corrected chi connectivity index (χ2v) is 5.73. The summed E-state index contributed by atoms with van der Waals surface area (Å²) in [6, 6.07) is 2.16. The Balaban J connectivity index is 2.07. The van der Waals surface area contributed by atoms with E-state index in [2.05, 4.69) is 17.9 Å². The Hall–Kier alpha value is -0.590. The van der Waals surface area contributed by atoms with Crippen LogP contribution in [0.4, 0.5) is 0 Å². The number of hydrogen-bond acceptors (Lipinski definition) is 3. The molecule has 0 aromatic heterocycles. The van der Waals surface area contributed by atoms with E-state index in [0.717, 1.165) is 18.8 Å². The third kappa shape index (κ3) is 5.52. The lowest BCUT2D eigenvalue weighted by molar-refractivity contribution is 0.308. The second-order valence-electron chi connectivity index (χ2n) is 5.73. The van der Waals surface area contributed by atoms with Gasteiger partial charge in [-0.2, -0.15) is 5.26 Å². The van der Waals surface area contributed by atoms with Gasteiger partial charge in [-0.25, -0.2) is 0 Å². The zero-order valence-electron chi connectivity index (χ0n) is 11.4. The zero-order valence-corrected chi connectivity index (χ0v) is 11.4. The van der Waals surface area contributed by atoms with Crippen molar-refractivity contribution in [1.29, 1.82) is 5.26 Å². The Morgan fingerprint density at radius 1 is 1.47 bits per heavy atom. The number of hydrogen-bond donors (Lipinski definition) is 1. The van der Waals surface area contributed by atoms with Crippen molar-refractivity contribution in [2.24, 2.45) is 11.7 Å². The van der Waals surface area contributed by atoms with Gasteiger partial charge in [0, 0.05) is 6.54 Å². The van der Waals surface area contributed by atoms with Crippen LogP contribution in [-0.2, 0) is 0 Å². The molecule has 0 saturated carbocycles. The summed E-state index contributed by atoms with van der Waals surface area (Å²) < 4.78 is 0. The average Bonchev–Trinajstić information content (AvgIpc) is 2.73. The fourth-order valence-electron chi connectivity index (χ4n) is 2.64. The third-order valence-corrected chi connectivity index (χ3v) is 3.74. The number of unbranched alkanes of at least 4 members (excludes halogenated alkanes) is 1. The van der Waals surface area contributed by atoms with E-state index in [9.17, 15) is 0 Å². The van der Waals surface area contributed by atoms with E-state index < -0.39 is 5.54 Å². The molecule has 1 rings (SSSR count). The molecule has 1 saturated heterocycles. The normalized spacial score (nSPS) is 24.5. The maximum atomic E-state index is 8.81. The molecule has 2 N–H and O–H groups in total. The van der Waals surface area contributed by atoms with E-state index in [1.807, 2.05) is 6.92 Å². The van der Waals surface area contributed by atoms with Gasteiger partial charge in [-0.1, -0.05) is 13.3 Å². The molecule has 1 aliphatic rings. The Morgan fingerprint density at radius 2 is 2.24 bits per heavy atom. The van der Waals surface area contributed by atoms with Gasteiger partial charge in [-0.15, -0.1) is 0 Å². The topological polar surface area (TPSA) is 53.0 Å². The molecular weight excluding hydrogens is 210 g/mol. The van der Waals surface area contributed by atoms with Crippen LogP contribution in [0.25, 0.3) is 0 Å². The van der Waals surface area contributed by atoms with Crippen LogP contribution in [-0.4, -0.2) is 30.1 Å². The van der Waals surface area contributed by atoms with Crippen LogP contribution in [0.5, 0.6) is 0 Å². The fourth-order valence-corrected chi connectivity index (χ4v) is 2.64. The molecule has 1 heterocycles. The molecule has 3 heteroatoms. The van der Waals surface area contributed by atoms with Crippen molar-refractivity contribution in [3.8, 4) is 6.07 Å². The van der Waals surface area contributed by atoms with E-state index in [1.54, 1.807) is 0 Å². The minimum absolute atomic E-state index is 0.629. The molecule has 3 nitrogen and oxygen atoms in total. The van der Waals surface area contributed by atoms with E-state index in [0.29, 0.717) is 0 Å². The largest absolute Gasteiger partial charge is 0.314 e. The molecule has 2 atom stereocenters. The quantitative estimate of drug-likeness (QED) is 0.692. The molecule has 0 bridgehead atoms. The first-order valence-corrected chi connectivity index (χ1v) is 7.00. The van der Waals surface area contributed by atoms with Crippen molar-refractivity contribution in [2.75, 3.05) is 19.6 Å². The summed E-state index contributed by atoms with van der Waals surface area (Å²) in [4.78, 5) is 2.57. The van der Waals surface area contributed by atoms with Gasteiger partial charge in [-0.05, 0) is 58.0 Å². The van der Waals surface area contributed by atoms with Gasteiger partial charge in [0.2, 0.25) is 0 Å². The molecule has 0 spiro atoms. The van der Waals surface area contributed by atoms with E-state index in [-0.39, 0.29) is 0 Å². The monoisotopic (exact) mass is 237 g/mol. The summed E-state index contributed by atoms with van der Waals surface area (Å²) in [5, 5.41) is 8.81. The van der Waals surface area contributed by atoms with Crippen molar-refractivity contribution >= 4 is 0 Å². The summed E-state index contributed by atoms with van der Waals surface area (Å²) in [6.45, 7) is 7.82. The summed E-state index contributed by atoms with van der Waals surface area (Å²) in [5.74, 6) is 0.930. The minimum atomic E-state index is -0.629. The lowest BCUT2D eigenvalue weighted by atomic mass is 9.98. The van der Waals surface area contributed by atoms with Crippen LogP contribution >= 0.6 is 0 Å². The number of rotatable bonds is 7. The molecule has 2 unspecified atom stereocenters. The third-order valence-electron chi connectivity index (χ3n) is 3.74. The summed E-state index contributed by atoms with van der Waals surface area (Å²) in [7, 11) is 0. The van der Waals surface area contributed by atoms with Crippen LogP contribution in [0.1, 0.15) is 52.4 Å². The molecule has 1 aliphatic heterocycles. The lowest BCUT2D eigenvalue weighted by Crippen LogP contribution is -2.34. The highest BCUT2D eigenvalue weighted by molar-refractivity contribution is 5.00. The molecule has 0 aromatic rings. The van der Waals surface area contributed by atoms with Crippen molar-refractivity contribution < 1.29 is 0 Å². The molecule has 0 amide bonds. The maximum absolute atomic E-state index is 8.81. The van der Waals surface area contributed by atoms with Gasteiger partial charge < -0.3 is 10.6 Å². The first-order valence-electron chi connectivity index (χ1n) is 7.00. The van der Waals surface area contributed by atoms with Crippen LogP contribution in [0.2, 0.25) is 0 Å². The number of nitrogens with two attached hydrogens (primary N) is 1. The predicted octanol–water partition coefficient (Wildman–Crippen LogP) is 2.52. The molecular formula is C14H27N3. The lowest BCUT2D eigenvalue weighted by Gasteiger charge is -2.18. The Morgan fingerprint density at radius 3 is 2.88 bits per heavy atom. The first kappa shape index (κ1) is 14.5. The predicted molar refractivity (Wildman–Crippen MR) is 71.5 cm³/mol. The van der Waals surface area contributed by atoms with Crippen LogP contribution in [0, 0.1) is 17.2 Å². The maximum Gasteiger partial charge on any atom is 0.101 e. The highest BCUT2D eigenvalue weighted by Gasteiger charge is 2.21. The summed E-state index contributed by atoms with van der Waals surface area (Å²) >= 11 is 0. The average molecular weight is 237 g/mol. The van der Waals surface area contributed by atoms with E-state index >= 15 is 0 Å². The summed E-state index contributed by atoms with van der Waals surface area (Å²) in [5.41, 5.74) is 5.17. The number of likely N-dealkylation sites (tertiary alicyclic amines) is 1. The first-order chi connectivity index (χ1) is 8.07. The molecule has 0 aromatic carbocycles. The van der Waals surface area contributed by atoms with Crippen molar-refractivity contribution in [3.05, 3.63) is 0 Å². The molecule has 1 fully saturated rings. The van der Waals surface area contributed by atoms with E-state index in [4.69, 9.17) is 11.0 Å². The fraction of sp³-hybridized carbons (Fsp3) is 0.929.